The van der Waals surface area contributed by atoms with Crippen molar-refractivity contribution in [2.24, 2.45) is 0 Å². The van der Waals surface area contributed by atoms with E-state index >= 15 is 0 Å². The highest BCUT2D eigenvalue weighted by atomic mass is 79.9. The summed E-state index contributed by atoms with van der Waals surface area (Å²) in [6.45, 7) is 0.175. The van der Waals surface area contributed by atoms with Crippen LogP contribution in [0.15, 0.2) is 58.4 Å². The van der Waals surface area contributed by atoms with Gasteiger partial charge < -0.3 is 5.32 Å². The Kier molecular flexibility index (Phi) is 5.37. The predicted octanol–water partition coefficient (Wildman–Crippen LogP) is 4.57. The van der Waals surface area contributed by atoms with E-state index in [4.69, 9.17) is 0 Å². The number of nitrogens with zero attached hydrogens (tertiary/aromatic N) is 1. The van der Waals surface area contributed by atoms with E-state index in [0.717, 1.165) is 15.0 Å². The molecular formula is C18H14BrFN2OS. The van der Waals surface area contributed by atoms with Crippen LogP contribution in [0.3, 0.4) is 0 Å². The van der Waals surface area contributed by atoms with Crippen LogP contribution in [-0.2, 0) is 17.8 Å². The first-order valence-corrected chi connectivity index (χ1v) is 8.99. The molecule has 0 saturated carbocycles. The average Bonchev–Trinajstić information content (AvgIpc) is 3.02. The molecule has 0 radical (unpaired) electrons. The summed E-state index contributed by atoms with van der Waals surface area (Å²) in [6.07, 6.45) is 0.180. The second-order valence-electron chi connectivity index (χ2n) is 5.20. The van der Waals surface area contributed by atoms with Gasteiger partial charge in [0.1, 0.15) is 10.8 Å². The van der Waals surface area contributed by atoms with Crippen molar-refractivity contribution >= 4 is 33.2 Å². The SMILES string of the molecule is O=C(Cc1csc(-c2cccc(Br)c2)n1)NCc1ccccc1F. The Morgan fingerprint density at radius 1 is 1.21 bits per heavy atom. The Morgan fingerprint density at radius 3 is 2.83 bits per heavy atom. The van der Waals surface area contributed by atoms with Crippen molar-refractivity contribution in [2.75, 3.05) is 0 Å². The van der Waals surface area contributed by atoms with E-state index in [9.17, 15) is 9.18 Å². The number of rotatable bonds is 5. The minimum Gasteiger partial charge on any atom is -0.352 e. The van der Waals surface area contributed by atoms with Gasteiger partial charge in [0.2, 0.25) is 5.91 Å². The molecule has 0 saturated heterocycles. The Balaban J connectivity index is 1.60. The molecule has 3 nitrogen and oxygen atoms in total. The molecule has 1 aromatic heterocycles. The molecule has 0 aliphatic carbocycles. The molecule has 122 valence electrons. The molecule has 3 rings (SSSR count). The quantitative estimate of drug-likeness (QED) is 0.676. The fourth-order valence-electron chi connectivity index (χ4n) is 2.20. The third-order valence-electron chi connectivity index (χ3n) is 3.40. The van der Waals surface area contributed by atoms with E-state index < -0.39 is 0 Å². The molecule has 0 spiro atoms. The summed E-state index contributed by atoms with van der Waals surface area (Å²) in [5.74, 6) is -0.493. The van der Waals surface area contributed by atoms with Gasteiger partial charge in [-0.1, -0.05) is 46.3 Å². The van der Waals surface area contributed by atoms with Gasteiger partial charge in [0.25, 0.3) is 0 Å². The Labute approximate surface area is 151 Å². The van der Waals surface area contributed by atoms with Crippen molar-refractivity contribution in [3.8, 4) is 10.6 Å². The first-order chi connectivity index (χ1) is 11.6. The number of nitrogens with one attached hydrogen (secondary N) is 1. The summed E-state index contributed by atoms with van der Waals surface area (Å²) < 4.78 is 14.5. The number of carbonyl (C=O) groups is 1. The second-order valence-corrected chi connectivity index (χ2v) is 6.97. The first-order valence-electron chi connectivity index (χ1n) is 7.32. The zero-order valence-corrected chi connectivity index (χ0v) is 15.0. The summed E-state index contributed by atoms with van der Waals surface area (Å²) in [5, 5.41) is 5.47. The summed E-state index contributed by atoms with van der Waals surface area (Å²) in [4.78, 5) is 16.5. The van der Waals surface area contributed by atoms with E-state index in [1.807, 2.05) is 29.6 Å². The highest BCUT2D eigenvalue weighted by Crippen LogP contribution is 2.26. The van der Waals surface area contributed by atoms with Crippen LogP contribution in [-0.4, -0.2) is 10.9 Å². The molecule has 0 atom stereocenters. The third kappa shape index (κ3) is 4.27. The lowest BCUT2D eigenvalue weighted by Gasteiger charge is -2.05. The Bertz CT molecular complexity index is 865. The molecule has 0 aliphatic rings. The van der Waals surface area contributed by atoms with E-state index in [0.29, 0.717) is 11.3 Å². The molecule has 1 N–H and O–H groups in total. The van der Waals surface area contributed by atoms with Crippen molar-refractivity contribution in [3.05, 3.63) is 75.5 Å². The standard InChI is InChI=1S/C18H14BrFN2OS/c19-14-6-3-5-12(8-14)18-22-15(11-24-18)9-17(23)21-10-13-4-1-2-7-16(13)20/h1-8,11H,9-10H2,(H,21,23). The highest BCUT2D eigenvalue weighted by Gasteiger charge is 2.10. The van der Waals surface area contributed by atoms with Gasteiger partial charge in [-0.2, -0.15) is 0 Å². The molecule has 6 heteroatoms. The zero-order valence-electron chi connectivity index (χ0n) is 12.6. The molecule has 1 heterocycles. The van der Waals surface area contributed by atoms with Crippen molar-refractivity contribution in [1.82, 2.24) is 10.3 Å². The van der Waals surface area contributed by atoms with Gasteiger partial charge in [0.15, 0.2) is 0 Å². The van der Waals surface area contributed by atoms with Crippen LogP contribution >= 0.6 is 27.3 Å². The number of amides is 1. The van der Waals surface area contributed by atoms with Crippen LogP contribution in [0.2, 0.25) is 0 Å². The minimum absolute atomic E-state index is 0.175. The molecule has 3 aromatic rings. The van der Waals surface area contributed by atoms with Crippen LogP contribution in [0.5, 0.6) is 0 Å². The number of benzene rings is 2. The number of aromatic nitrogens is 1. The second kappa shape index (κ2) is 7.68. The average molecular weight is 405 g/mol. The van der Waals surface area contributed by atoms with Crippen LogP contribution in [0.25, 0.3) is 10.6 Å². The van der Waals surface area contributed by atoms with Gasteiger partial charge in [0.05, 0.1) is 12.1 Å². The van der Waals surface area contributed by atoms with Gasteiger partial charge in [-0.05, 0) is 18.2 Å². The molecule has 0 aliphatic heterocycles. The molecule has 24 heavy (non-hydrogen) atoms. The van der Waals surface area contributed by atoms with Crippen molar-refractivity contribution in [2.45, 2.75) is 13.0 Å². The molecule has 0 fully saturated rings. The highest BCUT2D eigenvalue weighted by molar-refractivity contribution is 9.10. The largest absolute Gasteiger partial charge is 0.352 e. The topological polar surface area (TPSA) is 42.0 Å². The molecular weight excluding hydrogens is 391 g/mol. The van der Waals surface area contributed by atoms with Crippen LogP contribution < -0.4 is 5.32 Å². The monoisotopic (exact) mass is 404 g/mol. The van der Waals surface area contributed by atoms with Gasteiger partial charge in [-0.25, -0.2) is 9.37 Å². The Morgan fingerprint density at radius 2 is 2.04 bits per heavy atom. The van der Waals surface area contributed by atoms with Crippen molar-refractivity contribution in [1.29, 1.82) is 0 Å². The first kappa shape index (κ1) is 16.8. The maximum atomic E-state index is 13.5. The number of carbonyl (C=O) groups excluding carboxylic acids is 1. The maximum absolute atomic E-state index is 13.5. The molecule has 0 bridgehead atoms. The lowest BCUT2D eigenvalue weighted by molar-refractivity contribution is -0.120. The van der Waals surface area contributed by atoms with Crippen LogP contribution in [0.4, 0.5) is 4.39 Å². The number of halogens is 2. The van der Waals surface area contributed by atoms with E-state index in [-0.39, 0.29) is 24.7 Å². The Hall–Kier alpha value is -2.05. The minimum atomic E-state index is -0.316. The van der Waals surface area contributed by atoms with Crippen molar-refractivity contribution < 1.29 is 9.18 Å². The number of hydrogen-bond acceptors (Lipinski definition) is 3. The summed E-state index contributed by atoms with van der Waals surface area (Å²) in [6, 6.07) is 14.3. The van der Waals surface area contributed by atoms with Crippen LogP contribution in [0, 0.1) is 5.82 Å². The normalized spacial score (nSPS) is 10.6. The fraction of sp³-hybridized carbons (Fsp3) is 0.111. The number of hydrogen-bond donors (Lipinski definition) is 1. The molecule has 1 amide bonds. The van der Waals surface area contributed by atoms with Gasteiger partial charge in [0, 0.05) is 27.5 Å². The third-order valence-corrected chi connectivity index (χ3v) is 4.83. The maximum Gasteiger partial charge on any atom is 0.226 e. The lowest BCUT2D eigenvalue weighted by atomic mass is 10.2. The van der Waals surface area contributed by atoms with Gasteiger partial charge in [-0.3, -0.25) is 4.79 Å². The zero-order chi connectivity index (χ0) is 16.9. The van der Waals surface area contributed by atoms with E-state index in [1.165, 1.54) is 17.4 Å². The van der Waals surface area contributed by atoms with Gasteiger partial charge in [-0.15, -0.1) is 11.3 Å². The van der Waals surface area contributed by atoms with Gasteiger partial charge >= 0.3 is 0 Å². The van der Waals surface area contributed by atoms with E-state index in [1.54, 1.807) is 18.2 Å². The predicted molar refractivity (Wildman–Crippen MR) is 97.2 cm³/mol. The fourth-order valence-corrected chi connectivity index (χ4v) is 3.42. The molecule has 0 unspecified atom stereocenters. The summed E-state index contributed by atoms with van der Waals surface area (Å²) in [5.41, 5.74) is 2.19. The number of thiazole rings is 1. The van der Waals surface area contributed by atoms with E-state index in [2.05, 4.69) is 26.2 Å². The van der Waals surface area contributed by atoms with Crippen molar-refractivity contribution in [3.63, 3.8) is 0 Å². The molecule has 2 aromatic carbocycles. The summed E-state index contributed by atoms with van der Waals surface area (Å²) >= 11 is 4.94. The smallest absolute Gasteiger partial charge is 0.226 e. The lowest BCUT2D eigenvalue weighted by Crippen LogP contribution is -2.25. The summed E-state index contributed by atoms with van der Waals surface area (Å²) in [7, 11) is 0. The van der Waals surface area contributed by atoms with Crippen LogP contribution in [0.1, 0.15) is 11.3 Å².